The fourth-order valence-corrected chi connectivity index (χ4v) is 2.42. The summed E-state index contributed by atoms with van der Waals surface area (Å²) in [6, 6.07) is 13.0. The van der Waals surface area contributed by atoms with Crippen molar-refractivity contribution in [3.8, 4) is 5.75 Å². The molecule has 0 atom stereocenters. The number of fused-ring (bicyclic) bond motifs is 1. The Kier molecular flexibility index (Phi) is 4.74. The molecule has 1 heterocycles. The fourth-order valence-electron chi connectivity index (χ4n) is 2.42. The van der Waals surface area contributed by atoms with Crippen LogP contribution < -0.4 is 4.74 Å². The summed E-state index contributed by atoms with van der Waals surface area (Å²) >= 11 is 0. The Balaban J connectivity index is 1.55. The molecule has 0 bridgehead atoms. The zero-order valence-electron chi connectivity index (χ0n) is 13.7. The van der Waals surface area contributed by atoms with Crippen LogP contribution in [0, 0.1) is 6.92 Å². The number of aromatic nitrogens is 3. The molecule has 124 valence electrons. The van der Waals surface area contributed by atoms with Crippen LogP contribution in [0.1, 0.15) is 22.8 Å². The number of esters is 1. The maximum Gasteiger partial charge on any atom is 0.338 e. The van der Waals surface area contributed by atoms with Crippen LogP contribution in [0.3, 0.4) is 0 Å². The van der Waals surface area contributed by atoms with Gasteiger partial charge in [0.1, 0.15) is 24.5 Å². The second kappa shape index (κ2) is 7.12. The molecular formula is C18H19N3O3. The van der Waals surface area contributed by atoms with Gasteiger partial charge in [0, 0.05) is 6.54 Å². The summed E-state index contributed by atoms with van der Waals surface area (Å²) in [5.41, 5.74) is 3.17. The monoisotopic (exact) mass is 325 g/mol. The van der Waals surface area contributed by atoms with Gasteiger partial charge >= 0.3 is 5.97 Å². The summed E-state index contributed by atoms with van der Waals surface area (Å²) in [5, 5.41) is 8.08. The van der Waals surface area contributed by atoms with E-state index < -0.39 is 5.97 Å². The van der Waals surface area contributed by atoms with E-state index in [-0.39, 0.29) is 6.61 Å². The summed E-state index contributed by atoms with van der Waals surface area (Å²) in [5.74, 6) is 0.374. The van der Waals surface area contributed by atoms with Crippen molar-refractivity contribution in [2.24, 2.45) is 0 Å². The average molecular weight is 325 g/mol. The van der Waals surface area contributed by atoms with E-state index >= 15 is 0 Å². The molecule has 0 unspecified atom stereocenters. The maximum absolute atomic E-state index is 12.1. The molecule has 0 saturated heterocycles. The molecule has 3 rings (SSSR count). The standard InChI is InChI=1S/C18H19N3O3/c1-3-21-17-8-7-14(12-16(17)19-20-21)18(22)24-10-9-23-15-6-4-5-13(2)11-15/h4-8,11-12H,3,9-10H2,1-2H3. The Labute approximate surface area is 140 Å². The number of nitrogens with zero attached hydrogens (tertiary/aromatic N) is 3. The van der Waals surface area contributed by atoms with Crippen LogP contribution in [0.15, 0.2) is 42.5 Å². The highest BCUT2D eigenvalue weighted by Gasteiger charge is 2.11. The zero-order chi connectivity index (χ0) is 16.9. The SMILES string of the molecule is CCn1nnc2cc(C(=O)OCCOc3cccc(C)c3)ccc21. The first-order valence-corrected chi connectivity index (χ1v) is 7.87. The number of hydrogen-bond donors (Lipinski definition) is 0. The van der Waals surface area contributed by atoms with Gasteiger partial charge in [-0.3, -0.25) is 0 Å². The summed E-state index contributed by atoms with van der Waals surface area (Å²) in [6.07, 6.45) is 0. The second-order valence-corrected chi connectivity index (χ2v) is 5.41. The first kappa shape index (κ1) is 16.0. The molecule has 0 radical (unpaired) electrons. The molecule has 0 fully saturated rings. The van der Waals surface area contributed by atoms with Crippen LogP contribution in [-0.4, -0.2) is 34.2 Å². The third-order valence-electron chi connectivity index (χ3n) is 3.62. The van der Waals surface area contributed by atoms with Crippen molar-refractivity contribution < 1.29 is 14.3 Å². The van der Waals surface area contributed by atoms with Crippen molar-refractivity contribution in [2.45, 2.75) is 20.4 Å². The molecule has 1 aromatic heterocycles. The van der Waals surface area contributed by atoms with Gasteiger partial charge in [-0.2, -0.15) is 0 Å². The number of benzene rings is 2. The molecule has 6 heteroatoms. The fraction of sp³-hybridized carbons (Fsp3) is 0.278. The summed E-state index contributed by atoms with van der Waals surface area (Å²) < 4.78 is 12.6. The predicted molar refractivity (Wildman–Crippen MR) is 90.2 cm³/mol. The largest absolute Gasteiger partial charge is 0.490 e. The molecule has 0 spiro atoms. The quantitative estimate of drug-likeness (QED) is 0.515. The lowest BCUT2D eigenvalue weighted by molar-refractivity contribution is 0.0450. The number of hydrogen-bond acceptors (Lipinski definition) is 5. The minimum atomic E-state index is -0.393. The molecule has 24 heavy (non-hydrogen) atoms. The number of carbonyl (C=O) groups excluding carboxylic acids is 1. The third-order valence-corrected chi connectivity index (χ3v) is 3.62. The Morgan fingerprint density at radius 2 is 2.04 bits per heavy atom. The minimum absolute atomic E-state index is 0.187. The number of ether oxygens (including phenoxy) is 2. The highest BCUT2D eigenvalue weighted by atomic mass is 16.6. The van der Waals surface area contributed by atoms with E-state index in [1.54, 1.807) is 16.8 Å². The molecule has 0 aliphatic rings. The van der Waals surface area contributed by atoms with Gasteiger partial charge in [-0.1, -0.05) is 17.3 Å². The smallest absolute Gasteiger partial charge is 0.338 e. The summed E-state index contributed by atoms with van der Waals surface area (Å²) in [7, 11) is 0. The highest BCUT2D eigenvalue weighted by molar-refractivity contribution is 5.93. The van der Waals surface area contributed by atoms with Gasteiger partial charge in [0.05, 0.1) is 11.1 Å². The maximum atomic E-state index is 12.1. The summed E-state index contributed by atoms with van der Waals surface area (Å²) in [4.78, 5) is 12.1. The second-order valence-electron chi connectivity index (χ2n) is 5.41. The van der Waals surface area contributed by atoms with Crippen LogP contribution in [0.5, 0.6) is 5.75 Å². The van der Waals surface area contributed by atoms with Crippen LogP contribution in [0.2, 0.25) is 0 Å². The van der Waals surface area contributed by atoms with Crippen molar-refractivity contribution in [3.05, 3.63) is 53.6 Å². The van der Waals surface area contributed by atoms with Crippen molar-refractivity contribution >= 4 is 17.0 Å². The van der Waals surface area contributed by atoms with Crippen LogP contribution in [0.25, 0.3) is 11.0 Å². The van der Waals surface area contributed by atoms with E-state index in [2.05, 4.69) is 10.3 Å². The molecule has 2 aromatic carbocycles. The van der Waals surface area contributed by atoms with Crippen molar-refractivity contribution in [1.29, 1.82) is 0 Å². The average Bonchev–Trinajstić information content (AvgIpc) is 3.01. The van der Waals surface area contributed by atoms with E-state index in [0.29, 0.717) is 17.7 Å². The lowest BCUT2D eigenvalue weighted by atomic mass is 10.2. The Morgan fingerprint density at radius 1 is 1.17 bits per heavy atom. The molecule has 0 aliphatic carbocycles. The Hall–Kier alpha value is -2.89. The first-order valence-electron chi connectivity index (χ1n) is 7.87. The van der Waals surface area contributed by atoms with Gasteiger partial charge in [0.25, 0.3) is 0 Å². The molecular weight excluding hydrogens is 306 g/mol. The number of carbonyl (C=O) groups is 1. The van der Waals surface area contributed by atoms with Gasteiger partial charge in [0.15, 0.2) is 0 Å². The predicted octanol–water partition coefficient (Wildman–Crippen LogP) is 3.00. The third kappa shape index (κ3) is 3.53. The molecule has 0 N–H and O–H groups in total. The van der Waals surface area contributed by atoms with E-state index in [1.165, 1.54) is 0 Å². The van der Waals surface area contributed by atoms with E-state index in [1.807, 2.05) is 44.2 Å². The molecule has 3 aromatic rings. The van der Waals surface area contributed by atoms with Crippen LogP contribution in [-0.2, 0) is 11.3 Å². The summed E-state index contributed by atoms with van der Waals surface area (Å²) in [6.45, 7) is 5.22. The number of aryl methyl sites for hydroxylation is 2. The minimum Gasteiger partial charge on any atom is -0.490 e. The molecule has 0 saturated carbocycles. The highest BCUT2D eigenvalue weighted by Crippen LogP contribution is 2.15. The Bertz CT molecular complexity index is 858. The van der Waals surface area contributed by atoms with Gasteiger partial charge in [-0.15, -0.1) is 5.10 Å². The van der Waals surface area contributed by atoms with Gasteiger partial charge in [0.2, 0.25) is 0 Å². The van der Waals surface area contributed by atoms with Crippen molar-refractivity contribution in [1.82, 2.24) is 15.0 Å². The molecule has 0 amide bonds. The zero-order valence-corrected chi connectivity index (χ0v) is 13.7. The van der Waals surface area contributed by atoms with Crippen molar-refractivity contribution in [3.63, 3.8) is 0 Å². The van der Waals surface area contributed by atoms with Gasteiger partial charge in [-0.05, 0) is 49.7 Å². The van der Waals surface area contributed by atoms with E-state index in [0.717, 1.165) is 23.4 Å². The molecule has 6 nitrogen and oxygen atoms in total. The number of rotatable bonds is 6. The van der Waals surface area contributed by atoms with E-state index in [4.69, 9.17) is 9.47 Å². The molecule has 0 aliphatic heterocycles. The van der Waals surface area contributed by atoms with Gasteiger partial charge in [-0.25, -0.2) is 9.48 Å². The van der Waals surface area contributed by atoms with Gasteiger partial charge < -0.3 is 9.47 Å². The Morgan fingerprint density at radius 3 is 2.83 bits per heavy atom. The normalized spacial score (nSPS) is 10.8. The van der Waals surface area contributed by atoms with Crippen LogP contribution >= 0.6 is 0 Å². The first-order chi connectivity index (χ1) is 11.7. The lowest BCUT2D eigenvalue weighted by Crippen LogP contribution is -2.12. The van der Waals surface area contributed by atoms with E-state index in [9.17, 15) is 4.79 Å². The van der Waals surface area contributed by atoms with Crippen molar-refractivity contribution in [2.75, 3.05) is 13.2 Å². The van der Waals surface area contributed by atoms with Crippen LogP contribution in [0.4, 0.5) is 0 Å². The topological polar surface area (TPSA) is 66.2 Å². The lowest BCUT2D eigenvalue weighted by Gasteiger charge is -2.08.